The molecule has 2 aromatic carbocycles. The summed E-state index contributed by atoms with van der Waals surface area (Å²) in [4.78, 5) is 4.30. The number of sulfonamides is 2. The van der Waals surface area contributed by atoms with Gasteiger partial charge in [0.1, 0.15) is 5.84 Å². The molecule has 0 unspecified atom stereocenters. The van der Waals surface area contributed by atoms with Gasteiger partial charge in [0.15, 0.2) is 0 Å². The maximum atomic E-state index is 13.7. The highest BCUT2D eigenvalue weighted by molar-refractivity contribution is 7.90. The molecule has 1 atom stereocenters. The summed E-state index contributed by atoms with van der Waals surface area (Å²) in [5.41, 5.74) is 1.93. The number of nitrogens with zero attached hydrogens (tertiary/aromatic N) is 4. The van der Waals surface area contributed by atoms with E-state index in [0.29, 0.717) is 38.7 Å². The summed E-state index contributed by atoms with van der Waals surface area (Å²) in [7, 11) is -7.80. The lowest BCUT2D eigenvalue weighted by molar-refractivity contribution is 0.0436. The van der Waals surface area contributed by atoms with Gasteiger partial charge < -0.3 is 9.64 Å². The van der Waals surface area contributed by atoms with Crippen LogP contribution >= 0.6 is 0 Å². The van der Waals surface area contributed by atoms with Crippen LogP contribution in [0.25, 0.3) is 0 Å². The molecule has 2 fully saturated rings. The minimum atomic E-state index is -4.00. The van der Waals surface area contributed by atoms with E-state index >= 15 is 0 Å². The van der Waals surface area contributed by atoms with E-state index in [0.717, 1.165) is 11.1 Å². The molecule has 2 aliphatic heterocycles. The molecule has 0 saturated carbocycles. The lowest BCUT2D eigenvalue weighted by atomic mass is 10.1. The molecule has 2 aliphatic rings. The average molecular weight is 549 g/mol. The van der Waals surface area contributed by atoms with Gasteiger partial charge >= 0.3 is 0 Å². The van der Waals surface area contributed by atoms with Gasteiger partial charge in [0.05, 0.1) is 35.7 Å². The first kappa shape index (κ1) is 27.7. The molecule has 0 N–H and O–H groups in total. The molecular formula is C26H36N4O5S2. The smallest absolute Gasteiger partial charge is 0.283 e. The van der Waals surface area contributed by atoms with Crippen molar-refractivity contribution in [1.29, 1.82) is 0 Å². The van der Waals surface area contributed by atoms with Gasteiger partial charge in [-0.05, 0) is 44.0 Å². The molecule has 202 valence electrons. The van der Waals surface area contributed by atoms with Crippen LogP contribution in [0.15, 0.2) is 62.7 Å². The van der Waals surface area contributed by atoms with E-state index in [-0.39, 0.29) is 28.8 Å². The van der Waals surface area contributed by atoms with Crippen LogP contribution in [0, 0.1) is 19.8 Å². The zero-order valence-electron chi connectivity index (χ0n) is 21.9. The molecule has 37 heavy (non-hydrogen) atoms. The van der Waals surface area contributed by atoms with Crippen LogP contribution in [0.5, 0.6) is 0 Å². The van der Waals surface area contributed by atoms with Crippen LogP contribution in [-0.2, 0) is 24.8 Å². The summed E-state index contributed by atoms with van der Waals surface area (Å²) < 4.78 is 65.4. The molecule has 2 heterocycles. The molecule has 0 aliphatic carbocycles. The van der Waals surface area contributed by atoms with Crippen molar-refractivity contribution in [3.05, 3.63) is 59.7 Å². The van der Waals surface area contributed by atoms with E-state index in [1.54, 1.807) is 48.5 Å². The lowest BCUT2D eigenvalue weighted by Gasteiger charge is -2.36. The largest absolute Gasteiger partial charge is 0.379 e. The van der Waals surface area contributed by atoms with Crippen LogP contribution < -0.4 is 0 Å². The minimum Gasteiger partial charge on any atom is -0.379 e. The quantitative estimate of drug-likeness (QED) is 0.388. The Morgan fingerprint density at radius 3 is 1.95 bits per heavy atom. The highest BCUT2D eigenvalue weighted by Crippen LogP contribution is 2.30. The van der Waals surface area contributed by atoms with E-state index in [1.807, 2.05) is 32.6 Å². The summed E-state index contributed by atoms with van der Waals surface area (Å²) in [5.74, 6) is 0.238. The monoisotopic (exact) mass is 548 g/mol. The zero-order chi connectivity index (χ0) is 26.8. The van der Waals surface area contributed by atoms with Crippen LogP contribution in [-0.4, -0.2) is 88.9 Å². The summed E-state index contributed by atoms with van der Waals surface area (Å²) in [6.45, 7) is 11.0. The molecule has 0 spiro atoms. The van der Waals surface area contributed by atoms with Crippen molar-refractivity contribution >= 4 is 25.9 Å². The predicted molar refractivity (Wildman–Crippen MR) is 143 cm³/mol. The number of hydrogen-bond acceptors (Lipinski definition) is 6. The van der Waals surface area contributed by atoms with Crippen LogP contribution in [0.1, 0.15) is 25.0 Å². The summed E-state index contributed by atoms with van der Waals surface area (Å²) in [6, 6.07) is 13.4. The fourth-order valence-corrected chi connectivity index (χ4v) is 7.48. The minimum absolute atomic E-state index is 0.111. The third-order valence-electron chi connectivity index (χ3n) is 6.74. The van der Waals surface area contributed by atoms with Crippen molar-refractivity contribution in [2.24, 2.45) is 10.3 Å². The standard InChI is InChI=1S/C26H36N4O5S2/c1-20(2)26-29(13-14-30(26)37(33,34)24-11-7-22(4)8-12-24)25(19-28-15-17-35-18-16-28)27-36(31,32)23-9-5-21(3)6-10-23/h5-12,20,26H,13-19H2,1-4H3/t26-/m1/s1. The Kier molecular flexibility index (Phi) is 8.39. The zero-order valence-corrected chi connectivity index (χ0v) is 23.5. The van der Waals surface area contributed by atoms with Gasteiger partial charge in [-0.1, -0.05) is 49.2 Å². The third-order valence-corrected chi connectivity index (χ3v) is 9.95. The van der Waals surface area contributed by atoms with E-state index in [1.165, 1.54) is 4.31 Å². The van der Waals surface area contributed by atoms with Gasteiger partial charge in [-0.25, -0.2) is 8.42 Å². The SMILES string of the molecule is Cc1ccc(S(=O)(=O)N=C(CN2CCOCC2)N2CCN(S(=O)(=O)c3ccc(C)cc3)[C@@H]2C(C)C)cc1. The van der Waals surface area contributed by atoms with Gasteiger partial charge in [-0.15, -0.1) is 4.40 Å². The Morgan fingerprint density at radius 1 is 0.865 bits per heavy atom. The highest BCUT2D eigenvalue weighted by atomic mass is 32.2. The van der Waals surface area contributed by atoms with E-state index in [9.17, 15) is 16.8 Å². The molecule has 2 aromatic rings. The number of morpholine rings is 1. The van der Waals surface area contributed by atoms with Crippen LogP contribution in [0.3, 0.4) is 0 Å². The van der Waals surface area contributed by atoms with Gasteiger partial charge in [-0.3, -0.25) is 4.90 Å². The first-order valence-electron chi connectivity index (χ1n) is 12.5. The van der Waals surface area contributed by atoms with E-state index < -0.39 is 26.2 Å². The summed E-state index contributed by atoms with van der Waals surface area (Å²) in [6.07, 6.45) is -0.570. The number of aryl methyl sites for hydroxylation is 2. The summed E-state index contributed by atoms with van der Waals surface area (Å²) in [5, 5.41) is 0. The maximum absolute atomic E-state index is 13.7. The first-order valence-corrected chi connectivity index (χ1v) is 15.4. The Labute approximate surface area is 220 Å². The van der Waals surface area contributed by atoms with Gasteiger partial charge in [0.25, 0.3) is 10.0 Å². The lowest BCUT2D eigenvalue weighted by Crippen LogP contribution is -2.51. The molecule has 0 aromatic heterocycles. The van der Waals surface area contributed by atoms with Crippen LogP contribution in [0.2, 0.25) is 0 Å². The fourth-order valence-electron chi connectivity index (χ4n) is 4.74. The van der Waals surface area contributed by atoms with Crippen molar-refractivity contribution in [2.75, 3.05) is 45.9 Å². The Morgan fingerprint density at radius 2 is 1.41 bits per heavy atom. The Hall–Kier alpha value is -2.31. The molecule has 0 bridgehead atoms. The molecule has 0 amide bonds. The number of ether oxygens (including phenoxy) is 1. The second kappa shape index (κ2) is 11.2. The number of benzene rings is 2. The number of hydrogen-bond donors (Lipinski definition) is 0. The second-order valence-electron chi connectivity index (χ2n) is 9.96. The topological polar surface area (TPSA) is 99.6 Å². The van der Waals surface area contributed by atoms with Crippen LogP contribution in [0.4, 0.5) is 0 Å². The number of amidine groups is 1. The Bertz CT molecular complexity index is 1320. The first-order chi connectivity index (χ1) is 17.5. The molecule has 11 heteroatoms. The summed E-state index contributed by atoms with van der Waals surface area (Å²) >= 11 is 0. The fraction of sp³-hybridized carbons (Fsp3) is 0.500. The van der Waals surface area contributed by atoms with Crippen molar-refractivity contribution in [1.82, 2.24) is 14.1 Å². The van der Waals surface area contributed by atoms with Gasteiger partial charge in [-0.2, -0.15) is 12.7 Å². The van der Waals surface area contributed by atoms with Crippen molar-refractivity contribution in [2.45, 2.75) is 43.7 Å². The molecular weight excluding hydrogens is 512 g/mol. The molecule has 2 saturated heterocycles. The van der Waals surface area contributed by atoms with Crippen molar-refractivity contribution in [3.63, 3.8) is 0 Å². The van der Waals surface area contributed by atoms with Gasteiger partial charge in [0, 0.05) is 26.2 Å². The Balaban J connectivity index is 1.73. The third kappa shape index (κ3) is 6.23. The molecule has 0 radical (unpaired) electrons. The normalized spacial score (nSPS) is 20.6. The molecule has 4 rings (SSSR count). The molecule has 9 nitrogen and oxygen atoms in total. The average Bonchev–Trinajstić information content (AvgIpc) is 3.31. The van der Waals surface area contributed by atoms with Crippen molar-refractivity contribution in [3.8, 4) is 0 Å². The van der Waals surface area contributed by atoms with Crippen molar-refractivity contribution < 1.29 is 21.6 Å². The van der Waals surface area contributed by atoms with E-state index in [4.69, 9.17) is 4.74 Å². The van der Waals surface area contributed by atoms with Gasteiger partial charge in [0.2, 0.25) is 10.0 Å². The number of rotatable bonds is 7. The van der Waals surface area contributed by atoms with E-state index in [2.05, 4.69) is 9.30 Å². The maximum Gasteiger partial charge on any atom is 0.283 e. The second-order valence-corrected chi connectivity index (χ2v) is 13.5. The predicted octanol–water partition coefficient (Wildman–Crippen LogP) is 2.71. The highest BCUT2D eigenvalue weighted by Gasteiger charge is 2.43.